The van der Waals surface area contributed by atoms with Crippen molar-refractivity contribution in [2.75, 3.05) is 57.9 Å². The van der Waals surface area contributed by atoms with E-state index in [-0.39, 0.29) is 11.4 Å². The van der Waals surface area contributed by atoms with Gasteiger partial charge in [0.05, 0.1) is 24.0 Å². The lowest BCUT2D eigenvalue weighted by Crippen LogP contribution is -2.64. The lowest BCUT2D eigenvalue weighted by Gasteiger charge is -2.46. The Morgan fingerprint density at radius 1 is 1.28 bits per heavy atom. The molecule has 3 aliphatic rings. The molecule has 1 aromatic rings. The van der Waals surface area contributed by atoms with Crippen LogP contribution in [0.15, 0.2) is 12.4 Å². The van der Waals surface area contributed by atoms with Gasteiger partial charge in [-0.05, 0) is 32.2 Å². The number of hydrogen-bond donors (Lipinski definition) is 0. The van der Waals surface area contributed by atoms with Gasteiger partial charge in [0.15, 0.2) is 0 Å². The largest absolute Gasteiger partial charge is 0.381 e. The maximum absolute atomic E-state index is 12.6. The molecule has 1 amide bonds. The Labute approximate surface area is 149 Å². The average molecular weight is 347 g/mol. The Kier molecular flexibility index (Phi) is 4.56. The van der Waals surface area contributed by atoms with Gasteiger partial charge in [-0.25, -0.2) is 0 Å². The lowest BCUT2D eigenvalue weighted by molar-refractivity contribution is -0.123. The number of aryl methyl sites for hydroxylation is 1. The van der Waals surface area contributed by atoms with Crippen LogP contribution in [0.2, 0.25) is 0 Å². The minimum atomic E-state index is 0.0644. The van der Waals surface area contributed by atoms with Gasteiger partial charge in [0, 0.05) is 52.6 Å². The van der Waals surface area contributed by atoms with Gasteiger partial charge in [0.2, 0.25) is 5.91 Å². The Bertz CT molecular complexity index is 627. The van der Waals surface area contributed by atoms with E-state index >= 15 is 0 Å². The number of piperazine rings is 1. The summed E-state index contributed by atoms with van der Waals surface area (Å²) in [4.78, 5) is 19.4. The summed E-state index contributed by atoms with van der Waals surface area (Å²) in [5, 5.41) is 4.24. The molecule has 0 radical (unpaired) electrons. The zero-order valence-electron chi connectivity index (χ0n) is 15.4. The van der Waals surface area contributed by atoms with E-state index in [2.05, 4.69) is 21.9 Å². The summed E-state index contributed by atoms with van der Waals surface area (Å²) in [6, 6.07) is 0. The van der Waals surface area contributed by atoms with E-state index in [0.29, 0.717) is 6.54 Å². The Hall–Kier alpha value is -1.44. The first kappa shape index (κ1) is 17.0. The summed E-state index contributed by atoms with van der Waals surface area (Å²) < 4.78 is 7.25. The minimum absolute atomic E-state index is 0.0644. The van der Waals surface area contributed by atoms with Gasteiger partial charge in [-0.2, -0.15) is 5.10 Å². The first-order valence-corrected chi connectivity index (χ1v) is 9.36. The first-order chi connectivity index (χ1) is 12.1. The minimum Gasteiger partial charge on any atom is -0.381 e. The fourth-order valence-electron chi connectivity index (χ4n) is 4.57. The molecule has 0 bridgehead atoms. The third kappa shape index (κ3) is 3.32. The average Bonchev–Trinajstić information content (AvgIpc) is 3.20. The zero-order chi connectivity index (χ0) is 17.4. The summed E-state index contributed by atoms with van der Waals surface area (Å²) in [6.45, 7) is 6.40. The van der Waals surface area contributed by atoms with E-state index in [9.17, 15) is 4.79 Å². The second-order valence-electron chi connectivity index (χ2n) is 7.97. The van der Waals surface area contributed by atoms with E-state index < -0.39 is 0 Å². The number of nitrogens with zero attached hydrogens (tertiary/aromatic N) is 5. The molecule has 0 aromatic carbocycles. The zero-order valence-corrected chi connectivity index (χ0v) is 15.4. The van der Waals surface area contributed by atoms with E-state index in [1.54, 1.807) is 10.9 Å². The summed E-state index contributed by atoms with van der Waals surface area (Å²) in [7, 11) is 4.00. The normalized spacial score (nSPS) is 29.8. The van der Waals surface area contributed by atoms with Crippen LogP contribution >= 0.6 is 0 Å². The topological polar surface area (TPSA) is 53.8 Å². The molecular formula is C18H29N5O2. The number of aromatic nitrogens is 2. The van der Waals surface area contributed by atoms with Crippen molar-refractivity contribution in [3.8, 4) is 0 Å². The van der Waals surface area contributed by atoms with Crippen molar-refractivity contribution in [2.45, 2.75) is 24.8 Å². The highest BCUT2D eigenvalue weighted by molar-refractivity contribution is 5.95. The predicted molar refractivity (Wildman–Crippen MR) is 95.5 cm³/mol. The molecule has 7 heteroatoms. The molecule has 1 aromatic heterocycles. The molecule has 3 aliphatic heterocycles. The van der Waals surface area contributed by atoms with E-state index in [1.165, 1.54) is 19.4 Å². The van der Waals surface area contributed by atoms with Crippen molar-refractivity contribution in [2.24, 2.45) is 13.0 Å². The number of likely N-dealkylation sites (tertiary alicyclic amines) is 1. The number of anilines is 1. The number of ether oxygens (including phenoxy) is 1. The van der Waals surface area contributed by atoms with Crippen LogP contribution in [0.1, 0.15) is 19.3 Å². The molecule has 3 saturated heterocycles. The van der Waals surface area contributed by atoms with Crippen LogP contribution in [0.5, 0.6) is 0 Å². The van der Waals surface area contributed by atoms with E-state index in [1.807, 2.05) is 18.1 Å². The van der Waals surface area contributed by atoms with Gasteiger partial charge < -0.3 is 14.5 Å². The molecule has 138 valence electrons. The summed E-state index contributed by atoms with van der Waals surface area (Å²) in [5.41, 5.74) is 0.984. The lowest BCUT2D eigenvalue weighted by atomic mass is 9.92. The van der Waals surface area contributed by atoms with Gasteiger partial charge in [-0.15, -0.1) is 0 Å². The second-order valence-corrected chi connectivity index (χ2v) is 7.97. The number of carbonyl (C=O) groups excluding carboxylic acids is 1. The monoisotopic (exact) mass is 347 g/mol. The Morgan fingerprint density at radius 2 is 2.08 bits per heavy atom. The van der Waals surface area contributed by atoms with Crippen LogP contribution in [-0.4, -0.2) is 84.0 Å². The molecule has 3 fully saturated rings. The Morgan fingerprint density at radius 3 is 2.80 bits per heavy atom. The van der Waals surface area contributed by atoms with Crippen LogP contribution in [-0.2, 0) is 16.6 Å². The van der Waals surface area contributed by atoms with E-state index in [4.69, 9.17) is 4.74 Å². The van der Waals surface area contributed by atoms with Crippen LogP contribution in [0.3, 0.4) is 0 Å². The van der Waals surface area contributed by atoms with Crippen molar-refractivity contribution in [1.82, 2.24) is 19.6 Å². The smallest absolute Gasteiger partial charge is 0.241 e. The molecule has 4 heterocycles. The first-order valence-electron chi connectivity index (χ1n) is 9.36. The quantitative estimate of drug-likeness (QED) is 0.800. The van der Waals surface area contributed by atoms with Gasteiger partial charge in [-0.1, -0.05) is 0 Å². The number of hydrogen-bond acceptors (Lipinski definition) is 5. The molecule has 0 aliphatic carbocycles. The number of amides is 1. The molecule has 4 rings (SSSR count). The van der Waals surface area contributed by atoms with Crippen LogP contribution in [0.4, 0.5) is 5.69 Å². The number of carbonyl (C=O) groups is 1. The molecular weight excluding hydrogens is 318 g/mol. The number of likely N-dealkylation sites (N-methyl/N-ethyl adjacent to an activating group) is 1. The fourth-order valence-corrected chi connectivity index (χ4v) is 4.57. The van der Waals surface area contributed by atoms with Gasteiger partial charge in [0.1, 0.15) is 0 Å². The van der Waals surface area contributed by atoms with Crippen molar-refractivity contribution < 1.29 is 9.53 Å². The van der Waals surface area contributed by atoms with Crippen molar-refractivity contribution in [1.29, 1.82) is 0 Å². The molecule has 0 saturated carbocycles. The van der Waals surface area contributed by atoms with Gasteiger partial charge in [-0.3, -0.25) is 14.4 Å². The van der Waals surface area contributed by atoms with Crippen molar-refractivity contribution >= 4 is 11.6 Å². The molecule has 0 N–H and O–H groups in total. The highest BCUT2D eigenvalue weighted by atomic mass is 16.5. The maximum atomic E-state index is 12.6. The molecule has 1 atom stereocenters. The van der Waals surface area contributed by atoms with Crippen LogP contribution < -0.4 is 4.90 Å². The summed E-state index contributed by atoms with van der Waals surface area (Å²) >= 11 is 0. The Balaban J connectivity index is 1.45. The third-order valence-corrected chi connectivity index (χ3v) is 6.21. The standard InChI is InChI=1S/C18H29N5O2/c1-20-12-17(24)23(16-9-19-21(2)11-16)14-18(20)5-6-22(13-18)10-15-3-7-25-8-4-15/h9,11,15H,3-8,10,12-14H2,1-2H3. The van der Waals surface area contributed by atoms with Crippen molar-refractivity contribution in [3.63, 3.8) is 0 Å². The van der Waals surface area contributed by atoms with Crippen LogP contribution in [0, 0.1) is 5.92 Å². The predicted octanol–water partition coefficient (Wildman–Crippen LogP) is 0.570. The third-order valence-electron chi connectivity index (χ3n) is 6.21. The summed E-state index contributed by atoms with van der Waals surface area (Å²) in [6.07, 6.45) is 7.22. The summed E-state index contributed by atoms with van der Waals surface area (Å²) in [5.74, 6) is 0.929. The van der Waals surface area contributed by atoms with Gasteiger partial charge >= 0.3 is 0 Å². The molecule has 1 spiro atoms. The molecule has 1 unspecified atom stereocenters. The maximum Gasteiger partial charge on any atom is 0.241 e. The highest BCUT2D eigenvalue weighted by Crippen LogP contribution is 2.34. The van der Waals surface area contributed by atoms with Gasteiger partial charge in [0.25, 0.3) is 0 Å². The fraction of sp³-hybridized carbons (Fsp3) is 0.778. The number of rotatable bonds is 3. The second kappa shape index (κ2) is 6.70. The molecule has 25 heavy (non-hydrogen) atoms. The van der Waals surface area contributed by atoms with E-state index in [0.717, 1.165) is 50.9 Å². The van der Waals surface area contributed by atoms with Crippen LogP contribution in [0.25, 0.3) is 0 Å². The SMILES string of the molecule is CN1CC(=O)N(c2cnn(C)c2)CC12CCN(CC1CCOCC1)C2. The molecule has 7 nitrogen and oxygen atoms in total. The van der Waals surface area contributed by atoms with Crippen molar-refractivity contribution in [3.05, 3.63) is 12.4 Å². The highest BCUT2D eigenvalue weighted by Gasteiger charge is 2.47.